The molecule has 116 valence electrons. The van der Waals surface area contributed by atoms with Crippen LogP contribution in [0.2, 0.25) is 0 Å². The van der Waals surface area contributed by atoms with Crippen LogP contribution in [0.3, 0.4) is 0 Å². The van der Waals surface area contributed by atoms with Gasteiger partial charge in [-0.25, -0.2) is 13.6 Å². The van der Waals surface area contributed by atoms with Crippen molar-refractivity contribution in [3.05, 3.63) is 29.8 Å². The van der Waals surface area contributed by atoms with Gasteiger partial charge in [-0.2, -0.15) is 0 Å². The molecular formula is C13H18N2O5S. The number of carboxylic acid groups (broad SMARTS) is 1. The molecule has 1 aromatic carbocycles. The molecule has 1 atom stereocenters. The van der Waals surface area contributed by atoms with Crippen LogP contribution in [0.25, 0.3) is 0 Å². The molecule has 8 heteroatoms. The molecule has 1 amide bonds. The van der Waals surface area contributed by atoms with Gasteiger partial charge in [0.25, 0.3) is 0 Å². The van der Waals surface area contributed by atoms with Crippen molar-refractivity contribution >= 4 is 21.9 Å². The Hall–Kier alpha value is -1.93. The predicted octanol–water partition coefficient (Wildman–Crippen LogP) is 0.451. The van der Waals surface area contributed by atoms with E-state index in [2.05, 4.69) is 5.32 Å². The van der Waals surface area contributed by atoms with E-state index in [1.165, 1.54) is 18.2 Å². The monoisotopic (exact) mass is 314 g/mol. The minimum atomic E-state index is -3.77. The minimum absolute atomic E-state index is 0.0199. The van der Waals surface area contributed by atoms with Gasteiger partial charge < -0.3 is 10.4 Å². The molecule has 0 fully saturated rings. The van der Waals surface area contributed by atoms with Gasteiger partial charge in [0, 0.05) is 19.4 Å². The standard InChI is InChI=1S/C13H18N2O5S/c1-9(6-13(17)18)5-12(16)15-8-10-3-2-4-11(7-10)21(14,19)20/h2-4,7,9H,5-6,8H2,1H3,(H,15,16)(H,17,18)(H2,14,19,20). The second kappa shape index (κ2) is 7.19. The number of amides is 1. The quantitative estimate of drug-likeness (QED) is 0.673. The summed E-state index contributed by atoms with van der Waals surface area (Å²) >= 11 is 0. The lowest BCUT2D eigenvalue weighted by molar-refractivity contribution is -0.138. The average Bonchev–Trinajstić information content (AvgIpc) is 2.34. The Bertz CT molecular complexity index is 627. The molecule has 21 heavy (non-hydrogen) atoms. The molecule has 1 rings (SSSR count). The number of sulfonamides is 1. The van der Waals surface area contributed by atoms with Crippen molar-refractivity contribution in [2.75, 3.05) is 0 Å². The molecule has 0 heterocycles. The van der Waals surface area contributed by atoms with E-state index < -0.39 is 16.0 Å². The van der Waals surface area contributed by atoms with Gasteiger partial charge in [0.15, 0.2) is 0 Å². The van der Waals surface area contributed by atoms with Crippen LogP contribution in [0, 0.1) is 5.92 Å². The first-order valence-corrected chi connectivity index (χ1v) is 7.83. The van der Waals surface area contributed by atoms with Gasteiger partial charge in [0.1, 0.15) is 0 Å². The molecule has 0 spiro atoms. The maximum absolute atomic E-state index is 11.6. The number of benzene rings is 1. The van der Waals surface area contributed by atoms with Crippen LogP contribution in [-0.4, -0.2) is 25.4 Å². The topological polar surface area (TPSA) is 127 Å². The summed E-state index contributed by atoms with van der Waals surface area (Å²) in [5.41, 5.74) is 0.598. The third-order valence-electron chi connectivity index (χ3n) is 2.77. The molecule has 0 saturated heterocycles. The van der Waals surface area contributed by atoms with Crippen molar-refractivity contribution in [3.63, 3.8) is 0 Å². The molecule has 0 aliphatic heterocycles. The van der Waals surface area contributed by atoms with Crippen molar-refractivity contribution < 1.29 is 23.1 Å². The maximum atomic E-state index is 11.6. The smallest absolute Gasteiger partial charge is 0.303 e. The predicted molar refractivity (Wildman–Crippen MR) is 75.7 cm³/mol. The first-order valence-electron chi connectivity index (χ1n) is 6.28. The Balaban J connectivity index is 2.56. The van der Waals surface area contributed by atoms with Crippen LogP contribution in [0.15, 0.2) is 29.2 Å². The molecule has 4 N–H and O–H groups in total. The van der Waals surface area contributed by atoms with Gasteiger partial charge in [-0.15, -0.1) is 0 Å². The van der Waals surface area contributed by atoms with Gasteiger partial charge in [-0.1, -0.05) is 19.1 Å². The highest BCUT2D eigenvalue weighted by Crippen LogP contribution is 2.10. The average molecular weight is 314 g/mol. The van der Waals surface area contributed by atoms with Crippen LogP contribution in [0.5, 0.6) is 0 Å². The van der Waals surface area contributed by atoms with Crippen LogP contribution < -0.4 is 10.5 Å². The second-order valence-electron chi connectivity index (χ2n) is 4.88. The maximum Gasteiger partial charge on any atom is 0.303 e. The van der Waals surface area contributed by atoms with Crippen LogP contribution in [-0.2, 0) is 26.2 Å². The third-order valence-corrected chi connectivity index (χ3v) is 3.68. The Labute approximate surface area is 123 Å². The second-order valence-corrected chi connectivity index (χ2v) is 6.44. The minimum Gasteiger partial charge on any atom is -0.481 e. The van der Waals surface area contributed by atoms with E-state index in [4.69, 9.17) is 10.2 Å². The lowest BCUT2D eigenvalue weighted by Crippen LogP contribution is -2.25. The fourth-order valence-corrected chi connectivity index (χ4v) is 2.38. The van der Waals surface area contributed by atoms with Crippen LogP contribution in [0.1, 0.15) is 25.3 Å². The van der Waals surface area contributed by atoms with Crippen molar-refractivity contribution in [1.82, 2.24) is 5.32 Å². The fourth-order valence-electron chi connectivity index (χ4n) is 1.79. The number of nitrogens with two attached hydrogens (primary N) is 1. The molecule has 1 unspecified atom stereocenters. The molecule has 0 aliphatic rings. The molecule has 0 bridgehead atoms. The van der Waals surface area contributed by atoms with E-state index >= 15 is 0 Å². The molecule has 0 saturated carbocycles. The highest BCUT2D eigenvalue weighted by Gasteiger charge is 2.13. The van der Waals surface area contributed by atoms with E-state index in [1.807, 2.05) is 0 Å². The van der Waals surface area contributed by atoms with Crippen molar-refractivity contribution in [3.8, 4) is 0 Å². The first kappa shape index (κ1) is 17.1. The Morgan fingerprint density at radius 3 is 2.57 bits per heavy atom. The molecule has 7 nitrogen and oxygen atoms in total. The van der Waals surface area contributed by atoms with Crippen molar-refractivity contribution in [1.29, 1.82) is 0 Å². The summed E-state index contributed by atoms with van der Waals surface area (Å²) in [6.07, 6.45) is 0.0233. The van der Waals surface area contributed by atoms with E-state index in [0.717, 1.165) is 0 Å². The summed E-state index contributed by atoms with van der Waals surface area (Å²) in [6, 6.07) is 5.95. The third kappa shape index (κ3) is 6.37. The summed E-state index contributed by atoms with van der Waals surface area (Å²) in [4.78, 5) is 22.1. The Morgan fingerprint density at radius 2 is 2.00 bits per heavy atom. The van der Waals surface area contributed by atoms with Crippen LogP contribution in [0.4, 0.5) is 0 Å². The normalized spacial score (nSPS) is 12.7. The number of hydrogen-bond donors (Lipinski definition) is 3. The number of hydrogen-bond acceptors (Lipinski definition) is 4. The van der Waals surface area contributed by atoms with Crippen molar-refractivity contribution in [2.45, 2.75) is 31.2 Å². The lowest BCUT2D eigenvalue weighted by Gasteiger charge is -2.10. The zero-order valence-corrected chi connectivity index (χ0v) is 12.4. The number of aliphatic carboxylic acids is 1. The zero-order chi connectivity index (χ0) is 16.0. The molecular weight excluding hydrogens is 296 g/mol. The number of nitrogens with one attached hydrogen (secondary N) is 1. The fraction of sp³-hybridized carbons (Fsp3) is 0.385. The van der Waals surface area contributed by atoms with Gasteiger partial charge in [0.2, 0.25) is 15.9 Å². The molecule has 0 aromatic heterocycles. The molecule has 0 aliphatic carbocycles. The van der Waals surface area contributed by atoms with Crippen molar-refractivity contribution in [2.24, 2.45) is 11.1 Å². The van der Waals surface area contributed by atoms with E-state index in [9.17, 15) is 18.0 Å². The number of carbonyl (C=O) groups excluding carboxylic acids is 1. The van der Waals surface area contributed by atoms with Gasteiger partial charge in [-0.05, 0) is 23.6 Å². The summed E-state index contributed by atoms with van der Waals surface area (Å²) in [7, 11) is -3.77. The van der Waals surface area contributed by atoms with Gasteiger partial charge in [0.05, 0.1) is 4.90 Å². The number of rotatable bonds is 7. The zero-order valence-electron chi connectivity index (χ0n) is 11.6. The SMILES string of the molecule is CC(CC(=O)O)CC(=O)NCc1cccc(S(N)(=O)=O)c1. The van der Waals surface area contributed by atoms with E-state index in [0.29, 0.717) is 5.56 Å². The van der Waals surface area contributed by atoms with Gasteiger partial charge in [-0.3, -0.25) is 9.59 Å². The molecule has 1 aromatic rings. The summed E-state index contributed by atoms with van der Waals surface area (Å²) in [6.45, 7) is 1.83. The lowest BCUT2D eigenvalue weighted by atomic mass is 10.0. The highest BCUT2D eigenvalue weighted by atomic mass is 32.2. The first-order chi connectivity index (χ1) is 9.68. The number of carboxylic acids is 1. The van der Waals surface area contributed by atoms with E-state index in [-0.39, 0.29) is 36.1 Å². The number of carbonyl (C=O) groups is 2. The Kier molecular flexibility index (Phi) is 5.86. The molecule has 0 radical (unpaired) electrons. The van der Waals surface area contributed by atoms with E-state index in [1.54, 1.807) is 13.0 Å². The number of primary sulfonamides is 1. The summed E-state index contributed by atoms with van der Waals surface area (Å²) in [5.74, 6) is -1.50. The van der Waals surface area contributed by atoms with Gasteiger partial charge >= 0.3 is 5.97 Å². The van der Waals surface area contributed by atoms with Crippen LogP contribution >= 0.6 is 0 Å². The highest BCUT2D eigenvalue weighted by molar-refractivity contribution is 7.89. The summed E-state index contributed by atoms with van der Waals surface area (Å²) < 4.78 is 22.4. The largest absolute Gasteiger partial charge is 0.481 e. The Morgan fingerprint density at radius 1 is 1.33 bits per heavy atom. The summed E-state index contributed by atoms with van der Waals surface area (Å²) in [5, 5.41) is 16.2.